The number of para-hydroxylation sites is 1. The summed E-state index contributed by atoms with van der Waals surface area (Å²) in [5.41, 5.74) is 4.86. The van der Waals surface area contributed by atoms with Crippen LogP contribution in [0, 0.1) is 0 Å². The zero-order chi connectivity index (χ0) is 17.8. The van der Waals surface area contributed by atoms with Crippen molar-refractivity contribution >= 4 is 29.1 Å². The smallest absolute Gasteiger partial charge is 0.0540 e. The van der Waals surface area contributed by atoms with Crippen molar-refractivity contribution in [2.45, 2.75) is 27.2 Å². The summed E-state index contributed by atoms with van der Waals surface area (Å²) in [5, 5.41) is 3.56. The van der Waals surface area contributed by atoms with E-state index in [9.17, 15) is 0 Å². The SMILES string of the molecule is C=c1/c(=C\CC)c2ccccc2n1-c1ccc(/C(C)=C/C=C/C)cc1. The number of nitrogens with zero attached hydrogens (tertiary/aromatic N) is 1. The van der Waals surface area contributed by atoms with Crippen LogP contribution in [-0.4, -0.2) is 4.57 Å². The van der Waals surface area contributed by atoms with Gasteiger partial charge in [0, 0.05) is 21.6 Å². The molecule has 1 heteroatoms. The number of allylic oxidation sites excluding steroid dienone is 4. The van der Waals surface area contributed by atoms with Gasteiger partial charge in [-0.05, 0) is 49.6 Å². The third-order valence-corrected chi connectivity index (χ3v) is 4.54. The highest BCUT2D eigenvalue weighted by atomic mass is 15.0. The van der Waals surface area contributed by atoms with E-state index in [2.05, 4.69) is 91.8 Å². The van der Waals surface area contributed by atoms with Crippen LogP contribution < -0.4 is 10.6 Å². The van der Waals surface area contributed by atoms with Crippen LogP contribution >= 0.6 is 0 Å². The van der Waals surface area contributed by atoms with Crippen LogP contribution in [0.5, 0.6) is 0 Å². The van der Waals surface area contributed by atoms with E-state index in [1.54, 1.807) is 0 Å². The molecule has 0 N–H and O–H groups in total. The van der Waals surface area contributed by atoms with Crippen molar-refractivity contribution in [1.82, 2.24) is 4.57 Å². The predicted octanol–water partition coefficient (Wildman–Crippen LogP) is 5.21. The van der Waals surface area contributed by atoms with Crippen molar-refractivity contribution in [1.29, 1.82) is 0 Å². The van der Waals surface area contributed by atoms with Crippen LogP contribution in [0.1, 0.15) is 32.8 Å². The van der Waals surface area contributed by atoms with E-state index in [0.29, 0.717) is 0 Å². The molecule has 2 aromatic carbocycles. The normalized spacial score (nSPS) is 13.2. The van der Waals surface area contributed by atoms with Gasteiger partial charge in [0.2, 0.25) is 0 Å². The minimum atomic E-state index is 1.00. The number of hydrogen-bond donors (Lipinski definition) is 0. The van der Waals surface area contributed by atoms with Crippen LogP contribution in [0.25, 0.3) is 34.8 Å². The molecule has 126 valence electrons. The maximum absolute atomic E-state index is 4.36. The molecule has 0 saturated heterocycles. The first-order valence-corrected chi connectivity index (χ1v) is 8.86. The summed E-state index contributed by atoms with van der Waals surface area (Å²) in [6.45, 7) is 10.7. The van der Waals surface area contributed by atoms with Crippen LogP contribution in [0.15, 0.2) is 66.8 Å². The molecule has 0 unspecified atom stereocenters. The molecule has 3 rings (SSSR count). The second-order valence-corrected chi connectivity index (χ2v) is 6.25. The molecule has 0 aliphatic rings. The van der Waals surface area contributed by atoms with Gasteiger partial charge in [-0.2, -0.15) is 0 Å². The molecule has 1 nitrogen and oxygen atoms in total. The van der Waals surface area contributed by atoms with E-state index in [1.807, 2.05) is 13.0 Å². The van der Waals surface area contributed by atoms with Crippen LogP contribution in [0.4, 0.5) is 0 Å². The van der Waals surface area contributed by atoms with Crippen LogP contribution in [0.3, 0.4) is 0 Å². The minimum Gasteiger partial charge on any atom is -0.310 e. The van der Waals surface area contributed by atoms with Crippen molar-refractivity contribution in [2.75, 3.05) is 0 Å². The molecule has 0 saturated carbocycles. The van der Waals surface area contributed by atoms with Gasteiger partial charge >= 0.3 is 0 Å². The summed E-state index contributed by atoms with van der Waals surface area (Å²) in [7, 11) is 0. The van der Waals surface area contributed by atoms with Gasteiger partial charge in [0.25, 0.3) is 0 Å². The highest BCUT2D eigenvalue weighted by Crippen LogP contribution is 2.19. The molecule has 0 radical (unpaired) electrons. The molecule has 3 aromatic rings. The van der Waals surface area contributed by atoms with Gasteiger partial charge in [0.15, 0.2) is 0 Å². The second-order valence-electron chi connectivity index (χ2n) is 6.25. The zero-order valence-corrected chi connectivity index (χ0v) is 15.3. The number of fused-ring (bicyclic) bond motifs is 1. The molecule has 25 heavy (non-hydrogen) atoms. The Hall–Kier alpha value is -2.80. The van der Waals surface area contributed by atoms with Gasteiger partial charge < -0.3 is 4.57 Å². The summed E-state index contributed by atoms with van der Waals surface area (Å²) < 4.78 is 2.26. The Kier molecular flexibility index (Phi) is 5.04. The average Bonchev–Trinajstić information content (AvgIpc) is 2.92. The fraction of sp³-hybridized carbons (Fsp3) is 0.167. The molecule has 0 atom stereocenters. The van der Waals surface area contributed by atoms with E-state index in [0.717, 1.165) is 17.5 Å². The average molecular weight is 327 g/mol. The standard InChI is InChI=1S/C24H25N/c1-5-7-11-18(3)20-14-16-21(17-15-20)25-19(4)22(10-6-2)23-12-8-9-13-24(23)25/h5,7-17H,4,6H2,1-3H3/b7-5+,18-11+,22-10+. The summed E-state index contributed by atoms with van der Waals surface area (Å²) >= 11 is 0. The third kappa shape index (κ3) is 3.23. The van der Waals surface area contributed by atoms with Gasteiger partial charge in [-0.15, -0.1) is 0 Å². The lowest BCUT2D eigenvalue weighted by molar-refractivity contribution is 1.07. The molecule has 0 spiro atoms. The molecule has 0 amide bonds. The fourth-order valence-corrected chi connectivity index (χ4v) is 3.25. The molecular formula is C24H25N. The van der Waals surface area contributed by atoms with Crippen molar-refractivity contribution in [3.63, 3.8) is 0 Å². The molecule has 1 heterocycles. The largest absolute Gasteiger partial charge is 0.310 e. The maximum Gasteiger partial charge on any atom is 0.0540 e. The Morgan fingerprint density at radius 1 is 1.08 bits per heavy atom. The summed E-state index contributed by atoms with van der Waals surface area (Å²) in [5.74, 6) is 0. The minimum absolute atomic E-state index is 1.00. The van der Waals surface area contributed by atoms with Crippen molar-refractivity contribution in [3.05, 3.63) is 82.9 Å². The number of benzene rings is 2. The number of aromatic nitrogens is 1. The van der Waals surface area contributed by atoms with Gasteiger partial charge in [-0.25, -0.2) is 0 Å². The highest BCUT2D eigenvalue weighted by Gasteiger charge is 2.07. The lowest BCUT2D eigenvalue weighted by Gasteiger charge is -2.08. The topological polar surface area (TPSA) is 4.93 Å². The molecule has 0 fully saturated rings. The first-order chi connectivity index (χ1) is 12.2. The monoisotopic (exact) mass is 327 g/mol. The number of rotatable bonds is 4. The van der Waals surface area contributed by atoms with Gasteiger partial charge in [0.05, 0.1) is 5.52 Å². The first kappa shape index (κ1) is 17.0. The summed E-state index contributed by atoms with van der Waals surface area (Å²) in [6.07, 6.45) is 9.53. The number of hydrogen-bond acceptors (Lipinski definition) is 0. The molecule has 0 aliphatic carbocycles. The van der Waals surface area contributed by atoms with E-state index in [1.165, 1.54) is 27.3 Å². The molecule has 0 bridgehead atoms. The second kappa shape index (κ2) is 7.40. The van der Waals surface area contributed by atoms with Crippen LogP contribution in [-0.2, 0) is 0 Å². The molecule has 1 aromatic heterocycles. The lowest BCUT2D eigenvalue weighted by atomic mass is 10.1. The van der Waals surface area contributed by atoms with Gasteiger partial charge in [-0.1, -0.05) is 68.1 Å². The maximum atomic E-state index is 4.36. The van der Waals surface area contributed by atoms with E-state index in [4.69, 9.17) is 0 Å². The molecule has 0 aliphatic heterocycles. The summed E-state index contributed by atoms with van der Waals surface area (Å²) in [6, 6.07) is 17.3. The molecular weight excluding hydrogens is 302 g/mol. The Morgan fingerprint density at radius 2 is 1.80 bits per heavy atom. The quantitative estimate of drug-likeness (QED) is 0.580. The predicted molar refractivity (Wildman–Crippen MR) is 111 cm³/mol. The van der Waals surface area contributed by atoms with Gasteiger partial charge in [-0.3, -0.25) is 0 Å². The Morgan fingerprint density at radius 3 is 2.48 bits per heavy atom. The third-order valence-electron chi connectivity index (χ3n) is 4.54. The van der Waals surface area contributed by atoms with Crippen molar-refractivity contribution in [3.8, 4) is 5.69 Å². The first-order valence-electron chi connectivity index (χ1n) is 8.86. The van der Waals surface area contributed by atoms with Crippen molar-refractivity contribution in [2.24, 2.45) is 0 Å². The van der Waals surface area contributed by atoms with Gasteiger partial charge in [0.1, 0.15) is 0 Å². The Bertz CT molecular complexity index is 1040. The van der Waals surface area contributed by atoms with Crippen LogP contribution in [0.2, 0.25) is 0 Å². The highest BCUT2D eigenvalue weighted by molar-refractivity contribution is 5.83. The van der Waals surface area contributed by atoms with Crippen molar-refractivity contribution < 1.29 is 0 Å². The fourth-order valence-electron chi connectivity index (χ4n) is 3.25. The lowest BCUT2D eigenvalue weighted by Crippen LogP contribution is -2.26. The van der Waals surface area contributed by atoms with E-state index < -0.39 is 0 Å². The zero-order valence-electron chi connectivity index (χ0n) is 15.3. The van der Waals surface area contributed by atoms with E-state index >= 15 is 0 Å². The van der Waals surface area contributed by atoms with E-state index in [-0.39, 0.29) is 0 Å². The Balaban J connectivity index is 2.16. The summed E-state index contributed by atoms with van der Waals surface area (Å²) in [4.78, 5) is 0. The Labute approximate surface area is 149 Å².